The fraction of sp³-hybridized carbons (Fsp3) is 0.0667. The van der Waals surface area contributed by atoms with E-state index in [9.17, 15) is 0 Å². The number of rotatable bonds is 2. The molecule has 0 spiro atoms. The van der Waals surface area contributed by atoms with E-state index in [2.05, 4.69) is 9.98 Å². The number of benzene rings is 2. The Morgan fingerprint density at radius 2 is 1.75 bits per heavy atom. The number of nitrogens with two attached hydrogens (primary N) is 2. The van der Waals surface area contributed by atoms with E-state index in [1.807, 2.05) is 54.6 Å². The molecular weight excluding hydrogens is 250 g/mol. The molecule has 0 unspecified atom stereocenters. The lowest BCUT2D eigenvalue weighted by molar-refractivity contribution is 1.02. The van der Waals surface area contributed by atoms with Crippen LogP contribution in [-0.2, 0) is 6.54 Å². The summed E-state index contributed by atoms with van der Waals surface area (Å²) in [5.41, 5.74) is 14.7. The minimum atomic E-state index is 0.347. The maximum Gasteiger partial charge on any atom is 0.208 e. The highest BCUT2D eigenvalue weighted by atomic mass is 15.2. The molecule has 5 nitrogen and oxygen atoms in total. The van der Waals surface area contributed by atoms with Crippen LogP contribution in [0.25, 0.3) is 11.0 Å². The third-order valence-electron chi connectivity index (χ3n) is 3.08. The van der Waals surface area contributed by atoms with Crippen LogP contribution in [0.5, 0.6) is 0 Å². The van der Waals surface area contributed by atoms with Crippen molar-refractivity contribution in [3.8, 4) is 0 Å². The summed E-state index contributed by atoms with van der Waals surface area (Å²) in [6, 6.07) is 17.6. The van der Waals surface area contributed by atoms with Gasteiger partial charge in [0, 0.05) is 0 Å². The van der Waals surface area contributed by atoms with Crippen LogP contribution < -0.4 is 11.5 Å². The van der Waals surface area contributed by atoms with Gasteiger partial charge in [0.25, 0.3) is 0 Å². The maximum atomic E-state index is 6.05. The highest BCUT2D eigenvalue weighted by Gasteiger charge is 2.09. The average molecular weight is 265 g/mol. The quantitative estimate of drug-likeness (QED) is 0.549. The van der Waals surface area contributed by atoms with Crippen molar-refractivity contribution in [2.75, 3.05) is 5.73 Å². The topological polar surface area (TPSA) is 82.2 Å². The first kappa shape index (κ1) is 12.2. The highest BCUT2D eigenvalue weighted by molar-refractivity contribution is 5.94. The van der Waals surface area contributed by atoms with Gasteiger partial charge in [-0.3, -0.25) is 0 Å². The number of aromatic nitrogens is 2. The molecule has 0 atom stereocenters. The predicted molar refractivity (Wildman–Crippen MR) is 81.3 cm³/mol. The lowest BCUT2D eigenvalue weighted by Gasteiger charge is -2.05. The minimum absolute atomic E-state index is 0.347. The van der Waals surface area contributed by atoms with Crippen LogP contribution in [0.2, 0.25) is 0 Å². The zero-order chi connectivity index (χ0) is 13.9. The molecule has 0 aliphatic rings. The molecular formula is C15H15N5. The summed E-state index contributed by atoms with van der Waals surface area (Å²) in [6.07, 6.45) is 0. The van der Waals surface area contributed by atoms with Crippen LogP contribution in [0.15, 0.2) is 59.6 Å². The van der Waals surface area contributed by atoms with E-state index in [4.69, 9.17) is 11.5 Å². The number of imidazole rings is 1. The lowest BCUT2D eigenvalue weighted by atomic mass is 10.2. The Kier molecular flexibility index (Phi) is 3.09. The molecule has 0 bridgehead atoms. The van der Waals surface area contributed by atoms with Gasteiger partial charge in [-0.15, -0.1) is 0 Å². The van der Waals surface area contributed by atoms with Crippen molar-refractivity contribution in [2.24, 2.45) is 10.7 Å². The molecule has 0 amide bonds. The van der Waals surface area contributed by atoms with Crippen molar-refractivity contribution in [2.45, 2.75) is 6.54 Å². The summed E-state index contributed by atoms with van der Waals surface area (Å²) >= 11 is 0. The van der Waals surface area contributed by atoms with Gasteiger partial charge in [-0.05, 0) is 17.7 Å². The molecule has 2 aromatic carbocycles. The van der Waals surface area contributed by atoms with Gasteiger partial charge in [0.05, 0.1) is 17.6 Å². The van der Waals surface area contributed by atoms with Crippen LogP contribution in [0.4, 0.5) is 5.95 Å². The standard InChI is InChI=1S/C15H15N5/c16-14(18-10-11-6-2-1-3-7-11)20-13-9-5-4-8-12(13)19-15(20)17/h1-9H,10H2,(H2,16,18)(H2,17,19). The first-order chi connectivity index (χ1) is 9.75. The zero-order valence-corrected chi connectivity index (χ0v) is 10.9. The second-order valence-corrected chi connectivity index (χ2v) is 4.45. The molecule has 0 aliphatic carbocycles. The van der Waals surface area contributed by atoms with E-state index in [0.29, 0.717) is 18.5 Å². The Balaban J connectivity index is 1.96. The van der Waals surface area contributed by atoms with Gasteiger partial charge in [-0.1, -0.05) is 42.5 Å². The monoisotopic (exact) mass is 265 g/mol. The SMILES string of the molecule is NC(=NCc1ccccc1)n1c(N)nc2ccccc21. The number of nitrogens with zero attached hydrogens (tertiary/aromatic N) is 3. The second kappa shape index (κ2) is 5.05. The molecule has 0 saturated carbocycles. The molecule has 1 aromatic heterocycles. The Bertz CT molecular complexity index is 758. The average Bonchev–Trinajstić information content (AvgIpc) is 2.82. The highest BCUT2D eigenvalue weighted by Crippen LogP contribution is 2.16. The second-order valence-electron chi connectivity index (χ2n) is 4.45. The van der Waals surface area contributed by atoms with Gasteiger partial charge in [-0.25, -0.2) is 14.5 Å². The summed E-state index contributed by atoms with van der Waals surface area (Å²) in [5.74, 6) is 0.695. The van der Waals surface area contributed by atoms with Crippen molar-refractivity contribution in [1.29, 1.82) is 0 Å². The van der Waals surface area contributed by atoms with Crippen molar-refractivity contribution in [3.05, 3.63) is 60.2 Å². The summed E-state index contributed by atoms with van der Waals surface area (Å²) in [7, 11) is 0. The van der Waals surface area contributed by atoms with Crippen LogP contribution in [-0.4, -0.2) is 15.5 Å². The Hall–Kier alpha value is -2.82. The molecule has 4 N–H and O–H groups in total. The van der Waals surface area contributed by atoms with Crippen LogP contribution >= 0.6 is 0 Å². The molecule has 1 heterocycles. The summed E-state index contributed by atoms with van der Waals surface area (Å²) in [5, 5.41) is 0. The number of anilines is 1. The van der Waals surface area contributed by atoms with Gasteiger partial charge in [-0.2, -0.15) is 0 Å². The van der Waals surface area contributed by atoms with Gasteiger partial charge in [0.2, 0.25) is 11.9 Å². The Labute approximate surface area is 116 Å². The van der Waals surface area contributed by atoms with Gasteiger partial charge in [0.1, 0.15) is 0 Å². The number of hydrogen-bond donors (Lipinski definition) is 2. The van der Waals surface area contributed by atoms with Crippen LogP contribution in [0.3, 0.4) is 0 Å². The predicted octanol–water partition coefficient (Wildman–Crippen LogP) is 1.98. The number of hydrogen-bond acceptors (Lipinski definition) is 3. The third kappa shape index (κ3) is 2.21. The fourth-order valence-corrected chi connectivity index (χ4v) is 2.11. The third-order valence-corrected chi connectivity index (χ3v) is 3.08. The summed E-state index contributed by atoms with van der Waals surface area (Å²) < 4.78 is 1.66. The molecule has 3 aromatic rings. The molecule has 0 aliphatic heterocycles. The van der Waals surface area contributed by atoms with Gasteiger partial charge in [0.15, 0.2) is 0 Å². The van der Waals surface area contributed by atoms with E-state index in [1.54, 1.807) is 4.57 Å². The first-order valence-corrected chi connectivity index (χ1v) is 6.33. The van der Waals surface area contributed by atoms with E-state index in [1.165, 1.54) is 0 Å². The van der Waals surface area contributed by atoms with Crippen molar-refractivity contribution in [1.82, 2.24) is 9.55 Å². The number of fused-ring (bicyclic) bond motifs is 1. The Morgan fingerprint density at radius 3 is 2.55 bits per heavy atom. The van der Waals surface area contributed by atoms with Crippen LogP contribution in [0.1, 0.15) is 5.56 Å². The van der Waals surface area contributed by atoms with Crippen molar-refractivity contribution < 1.29 is 0 Å². The Morgan fingerprint density at radius 1 is 1.05 bits per heavy atom. The maximum absolute atomic E-state index is 6.05. The molecule has 5 heteroatoms. The van der Waals surface area contributed by atoms with E-state index in [-0.39, 0.29) is 0 Å². The van der Waals surface area contributed by atoms with Crippen molar-refractivity contribution in [3.63, 3.8) is 0 Å². The molecule has 0 fully saturated rings. The smallest absolute Gasteiger partial charge is 0.208 e. The van der Waals surface area contributed by atoms with Gasteiger partial charge < -0.3 is 11.5 Å². The number of nitrogen functional groups attached to an aromatic ring is 1. The number of para-hydroxylation sites is 2. The normalized spacial score (nSPS) is 11.9. The van der Waals surface area contributed by atoms with E-state index < -0.39 is 0 Å². The van der Waals surface area contributed by atoms with Crippen LogP contribution in [0, 0.1) is 0 Å². The molecule has 3 rings (SSSR count). The van der Waals surface area contributed by atoms with Crippen molar-refractivity contribution >= 4 is 22.9 Å². The molecule has 0 saturated heterocycles. The number of aliphatic imine (C=N–C) groups is 1. The largest absolute Gasteiger partial charge is 0.369 e. The first-order valence-electron chi connectivity index (χ1n) is 6.33. The molecule has 20 heavy (non-hydrogen) atoms. The zero-order valence-electron chi connectivity index (χ0n) is 10.9. The summed E-state index contributed by atoms with van der Waals surface area (Å²) in [6.45, 7) is 0.513. The minimum Gasteiger partial charge on any atom is -0.369 e. The fourth-order valence-electron chi connectivity index (χ4n) is 2.11. The molecule has 100 valence electrons. The summed E-state index contributed by atoms with van der Waals surface area (Å²) in [4.78, 5) is 8.65. The van der Waals surface area contributed by atoms with E-state index >= 15 is 0 Å². The lowest BCUT2D eigenvalue weighted by Crippen LogP contribution is -2.24. The van der Waals surface area contributed by atoms with Gasteiger partial charge >= 0.3 is 0 Å². The van der Waals surface area contributed by atoms with E-state index in [0.717, 1.165) is 16.6 Å². The molecule has 0 radical (unpaired) electrons.